The molecule has 1 N–H and O–H groups in total. The van der Waals surface area contributed by atoms with Gasteiger partial charge < -0.3 is 5.32 Å². The lowest BCUT2D eigenvalue weighted by molar-refractivity contribution is 0.0954. The summed E-state index contributed by atoms with van der Waals surface area (Å²) in [5, 5.41) is 9.06. The molecule has 0 aliphatic carbocycles. The number of carbonyl (C=O) groups is 1. The highest BCUT2D eigenvalue weighted by molar-refractivity contribution is 9.10. The van der Waals surface area contributed by atoms with Gasteiger partial charge in [0, 0.05) is 28.4 Å². The monoisotopic (exact) mass is 350 g/mol. The van der Waals surface area contributed by atoms with Gasteiger partial charge in [0.15, 0.2) is 0 Å². The molecule has 0 fully saturated rings. The second kappa shape index (κ2) is 5.72. The second-order valence-corrected chi connectivity index (χ2v) is 5.95. The third-order valence-corrected chi connectivity index (χ3v) is 4.27. The first-order chi connectivity index (χ1) is 9.74. The Labute approximate surface area is 127 Å². The van der Waals surface area contributed by atoms with Crippen LogP contribution in [0.4, 0.5) is 0 Å². The van der Waals surface area contributed by atoms with Crippen LogP contribution in [0.3, 0.4) is 0 Å². The van der Waals surface area contributed by atoms with Gasteiger partial charge in [-0.1, -0.05) is 15.9 Å². The van der Waals surface area contributed by atoms with Gasteiger partial charge in [0.2, 0.25) is 4.96 Å². The third-order valence-electron chi connectivity index (χ3n) is 2.86. The van der Waals surface area contributed by atoms with Crippen LogP contribution in [0.2, 0.25) is 0 Å². The molecule has 2 aromatic heterocycles. The van der Waals surface area contributed by atoms with E-state index in [2.05, 4.69) is 31.3 Å². The maximum Gasteiger partial charge on any atom is 0.251 e. The quantitative estimate of drug-likeness (QED) is 0.786. The van der Waals surface area contributed by atoms with Crippen molar-refractivity contribution >= 4 is 38.1 Å². The molecule has 0 aliphatic heterocycles. The standard InChI is InChI=1S/C13H11BrN4OS/c14-10-3-1-9(2-4-10)12(19)15-6-5-11-7-20-13-16-8-17-18(11)13/h1-4,7-8H,5-6H2,(H,15,19). The number of hydrogen-bond acceptors (Lipinski definition) is 4. The van der Waals surface area contributed by atoms with Crippen LogP contribution in [0.5, 0.6) is 0 Å². The SMILES string of the molecule is O=C(NCCc1csc2ncnn12)c1ccc(Br)cc1. The van der Waals surface area contributed by atoms with Gasteiger partial charge in [-0.3, -0.25) is 4.79 Å². The Kier molecular flexibility index (Phi) is 3.79. The van der Waals surface area contributed by atoms with E-state index in [1.807, 2.05) is 17.5 Å². The van der Waals surface area contributed by atoms with Crippen molar-refractivity contribution in [3.63, 3.8) is 0 Å². The van der Waals surface area contributed by atoms with Crippen LogP contribution in [0.25, 0.3) is 4.96 Å². The lowest BCUT2D eigenvalue weighted by Crippen LogP contribution is -2.25. The minimum Gasteiger partial charge on any atom is -0.352 e. The number of halogens is 1. The van der Waals surface area contributed by atoms with Crippen LogP contribution in [0.15, 0.2) is 40.4 Å². The van der Waals surface area contributed by atoms with Crippen LogP contribution < -0.4 is 5.32 Å². The Bertz CT molecular complexity index is 734. The molecule has 2 heterocycles. The highest BCUT2D eigenvalue weighted by Gasteiger charge is 2.07. The summed E-state index contributed by atoms with van der Waals surface area (Å²) in [7, 11) is 0. The van der Waals surface area contributed by atoms with Crippen molar-refractivity contribution in [2.75, 3.05) is 6.54 Å². The van der Waals surface area contributed by atoms with Crippen molar-refractivity contribution in [3.8, 4) is 0 Å². The molecule has 3 rings (SSSR count). The van der Waals surface area contributed by atoms with Gasteiger partial charge in [0.1, 0.15) is 6.33 Å². The Balaban J connectivity index is 1.59. The Morgan fingerprint density at radius 1 is 1.35 bits per heavy atom. The molecule has 102 valence electrons. The molecule has 1 amide bonds. The fourth-order valence-corrected chi connectivity index (χ4v) is 2.95. The number of rotatable bonds is 4. The van der Waals surface area contributed by atoms with E-state index in [-0.39, 0.29) is 5.91 Å². The average Bonchev–Trinajstić information content (AvgIpc) is 3.04. The molecule has 1 aromatic carbocycles. The normalized spacial score (nSPS) is 10.8. The predicted molar refractivity (Wildman–Crippen MR) is 81.0 cm³/mol. The molecule has 0 bridgehead atoms. The lowest BCUT2D eigenvalue weighted by Gasteiger charge is -2.04. The Hall–Kier alpha value is -1.73. The molecule has 0 unspecified atom stereocenters. The highest BCUT2D eigenvalue weighted by atomic mass is 79.9. The Morgan fingerprint density at radius 2 is 2.15 bits per heavy atom. The fraction of sp³-hybridized carbons (Fsp3) is 0.154. The molecule has 0 aliphatic rings. The van der Waals surface area contributed by atoms with Gasteiger partial charge in [-0.15, -0.1) is 11.3 Å². The second-order valence-electron chi connectivity index (χ2n) is 4.19. The molecular formula is C13H11BrN4OS. The highest BCUT2D eigenvalue weighted by Crippen LogP contribution is 2.13. The maximum absolute atomic E-state index is 11.9. The lowest BCUT2D eigenvalue weighted by atomic mass is 10.2. The van der Waals surface area contributed by atoms with E-state index >= 15 is 0 Å². The molecule has 7 heteroatoms. The van der Waals surface area contributed by atoms with E-state index in [4.69, 9.17) is 0 Å². The largest absolute Gasteiger partial charge is 0.352 e. The molecule has 0 spiro atoms. The zero-order valence-electron chi connectivity index (χ0n) is 10.4. The zero-order valence-corrected chi connectivity index (χ0v) is 12.8. The summed E-state index contributed by atoms with van der Waals surface area (Å²) in [5.41, 5.74) is 1.71. The van der Waals surface area contributed by atoms with Crippen molar-refractivity contribution in [1.29, 1.82) is 0 Å². The van der Waals surface area contributed by atoms with E-state index in [9.17, 15) is 4.79 Å². The number of nitrogens with zero attached hydrogens (tertiary/aromatic N) is 3. The number of nitrogens with one attached hydrogen (secondary N) is 1. The molecule has 5 nitrogen and oxygen atoms in total. The van der Waals surface area contributed by atoms with Gasteiger partial charge in [-0.2, -0.15) is 5.10 Å². The van der Waals surface area contributed by atoms with E-state index < -0.39 is 0 Å². The summed E-state index contributed by atoms with van der Waals surface area (Å²) >= 11 is 4.90. The van der Waals surface area contributed by atoms with Crippen molar-refractivity contribution < 1.29 is 4.79 Å². The van der Waals surface area contributed by atoms with E-state index in [0.717, 1.165) is 21.5 Å². The van der Waals surface area contributed by atoms with Crippen LogP contribution in [0, 0.1) is 0 Å². The summed E-state index contributed by atoms with van der Waals surface area (Å²) in [4.78, 5) is 16.9. The molecular weight excluding hydrogens is 340 g/mol. The van der Waals surface area contributed by atoms with Gasteiger partial charge in [0.25, 0.3) is 5.91 Å². The fourth-order valence-electron chi connectivity index (χ4n) is 1.85. The smallest absolute Gasteiger partial charge is 0.251 e. The van der Waals surface area contributed by atoms with Gasteiger partial charge in [-0.25, -0.2) is 9.50 Å². The minimum atomic E-state index is -0.0671. The third kappa shape index (κ3) is 2.73. The zero-order chi connectivity index (χ0) is 13.9. The number of hydrogen-bond donors (Lipinski definition) is 1. The van der Waals surface area contributed by atoms with Crippen LogP contribution >= 0.6 is 27.3 Å². The van der Waals surface area contributed by atoms with E-state index in [1.54, 1.807) is 28.0 Å². The summed E-state index contributed by atoms with van der Waals surface area (Å²) in [5.74, 6) is -0.0671. The predicted octanol–water partition coefficient (Wildman–Crippen LogP) is 2.53. The molecule has 0 saturated heterocycles. The number of amides is 1. The minimum absolute atomic E-state index is 0.0671. The number of carbonyl (C=O) groups excluding carboxylic acids is 1. The van der Waals surface area contributed by atoms with Crippen LogP contribution in [-0.2, 0) is 6.42 Å². The van der Waals surface area contributed by atoms with Crippen molar-refractivity contribution in [3.05, 3.63) is 51.7 Å². The first-order valence-electron chi connectivity index (χ1n) is 6.04. The summed E-state index contributed by atoms with van der Waals surface area (Å²) < 4.78 is 2.76. The molecule has 0 radical (unpaired) electrons. The Morgan fingerprint density at radius 3 is 2.95 bits per heavy atom. The number of aromatic nitrogens is 3. The number of thiazole rings is 1. The van der Waals surface area contributed by atoms with E-state index in [1.165, 1.54) is 6.33 Å². The molecule has 3 aromatic rings. The van der Waals surface area contributed by atoms with Gasteiger partial charge in [0.05, 0.1) is 5.69 Å². The number of fused-ring (bicyclic) bond motifs is 1. The summed E-state index contributed by atoms with van der Waals surface area (Å²) in [6, 6.07) is 7.29. The maximum atomic E-state index is 11.9. The van der Waals surface area contributed by atoms with Crippen molar-refractivity contribution in [1.82, 2.24) is 19.9 Å². The van der Waals surface area contributed by atoms with Gasteiger partial charge in [-0.05, 0) is 24.3 Å². The van der Waals surface area contributed by atoms with Crippen LogP contribution in [0.1, 0.15) is 16.1 Å². The van der Waals surface area contributed by atoms with Gasteiger partial charge >= 0.3 is 0 Å². The first-order valence-corrected chi connectivity index (χ1v) is 7.71. The van der Waals surface area contributed by atoms with Crippen LogP contribution in [-0.4, -0.2) is 27.0 Å². The van der Waals surface area contributed by atoms with E-state index in [0.29, 0.717) is 12.1 Å². The molecule has 0 saturated carbocycles. The molecule has 20 heavy (non-hydrogen) atoms. The van der Waals surface area contributed by atoms with Crippen molar-refractivity contribution in [2.45, 2.75) is 6.42 Å². The first kappa shape index (κ1) is 13.3. The number of benzene rings is 1. The average molecular weight is 351 g/mol. The topological polar surface area (TPSA) is 59.3 Å². The summed E-state index contributed by atoms with van der Waals surface area (Å²) in [6.45, 7) is 0.570. The van der Waals surface area contributed by atoms with Crippen molar-refractivity contribution in [2.24, 2.45) is 0 Å². The summed E-state index contributed by atoms with van der Waals surface area (Å²) in [6.07, 6.45) is 2.27. The molecule has 0 atom stereocenters.